The van der Waals surface area contributed by atoms with Gasteiger partial charge in [-0.15, -0.1) is 0 Å². The van der Waals surface area contributed by atoms with Crippen molar-refractivity contribution >= 4 is 17.8 Å². The van der Waals surface area contributed by atoms with Gasteiger partial charge < -0.3 is 15.7 Å². The molecule has 1 saturated heterocycles. The summed E-state index contributed by atoms with van der Waals surface area (Å²) in [5.74, 6) is -1.58. The van der Waals surface area contributed by atoms with Gasteiger partial charge in [0.2, 0.25) is 11.8 Å². The summed E-state index contributed by atoms with van der Waals surface area (Å²) in [6, 6.07) is -0.760. The summed E-state index contributed by atoms with van der Waals surface area (Å²) >= 11 is 0. The molecule has 17 heavy (non-hydrogen) atoms. The molecule has 0 saturated carbocycles. The lowest BCUT2D eigenvalue weighted by atomic mass is 10.1. The summed E-state index contributed by atoms with van der Waals surface area (Å²) in [5, 5.41) is 14.0. The molecule has 7 nitrogen and oxygen atoms in total. The van der Waals surface area contributed by atoms with Crippen LogP contribution in [0.1, 0.15) is 13.3 Å². The number of carbonyl (C=O) groups excluding carboxylic acids is 2. The van der Waals surface area contributed by atoms with E-state index in [1.165, 1.54) is 0 Å². The molecule has 2 amide bonds. The normalized spacial score (nSPS) is 20.8. The van der Waals surface area contributed by atoms with Gasteiger partial charge in [0, 0.05) is 19.6 Å². The molecular weight excluding hydrogens is 226 g/mol. The minimum Gasteiger partial charge on any atom is -0.481 e. The minimum atomic E-state index is -1.05. The van der Waals surface area contributed by atoms with Gasteiger partial charge in [-0.2, -0.15) is 0 Å². The summed E-state index contributed by atoms with van der Waals surface area (Å²) in [7, 11) is 0. The number of carbonyl (C=O) groups is 3. The topological polar surface area (TPSA) is 98.7 Å². The van der Waals surface area contributed by atoms with Crippen molar-refractivity contribution in [1.29, 1.82) is 0 Å². The number of amides is 2. The number of carboxylic acids is 1. The lowest BCUT2D eigenvalue weighted by Gasteiger charge is -2.33. The van der Waals surface area contributed by atoms with Crippen LogP contribution >= 0.6 is 0 Å². The van der Waals surface area contributed by atoms with Crippen molar-refractivity contribution in [3.05, 3.63) is 0 Å². The maximum Gasteiger partial charge on any atom is 0.305 e. The van der Waals surface area contributed by atoms with Crippen molar-refractivity contribution in [2.24, 2.45) is 0 Å². The molecule has 3 N–H and O–H groups in total. The maximum absolute atomic E-state index is 11.5. The van der Waals surface area contributed by atoms with E-state index >= 15 is 0 Å². The highest BCUT2D eigenvalue weighted by molar-refractivity contribution is 5.87. The summed E-state index contributed by atoms with van der Waals surface area (Å²) in [4.78, 5) is 35.2. The standard InChI is InChI=1S/C10H17N3O4/c1-2-11-8(14)6-13-4-3-12-10(17)7(13)5-9(15)16/h7H,2-6H2,1H3,(H,11,14)(H,12,17)(H,15,16). The van der Waals surface area contributed by atoms with Crippen molar-refractivity contribution in [3.63, 3.8) is 0 Å². The van der Waals surface area contributed by atoms with Crippen LogP contribution in [0.2, 0.25) is 0 Å². The summed E-state index contributed by atoms with van der Waals surface area (Å²) in [6.45, 7) is 3.30. The zero-order chi connectivity index (χ0) is 12.8. The minimum absolute atomic E-state index is 0.0548. The second-order valence-corrected chi connectivity index (χ2v) is 3.83. The average Bonchev–Trinajstić information content (AvgIpc) is 2.23. The number of hydrogen-bond donors (Lipinski definition) is 3. The zero-order valence-electron chi connectivity index (χ0n) is 9.73. The lowest BCUT2D eigenvalue weighted by Crippen LogP contribution is -2.57. The van der Waals surface area contributed by atoms with Crippen LogP contribution in [0.15, 0.2) is 0 Å². The average molecular weight is 243 g/mol. The fourth-order valence-electron chi connectivity index (χ4n) is 1.78. The van der Waals surface area contributed by atoms with Crippen molar-refractivity contribution < 1.29 is 19.5 Å². The van der Waals surface area contributed by atoms with E-state index in [2.05, 4.69) is 10.6 Å². The van der Waals surface area contributed by atoms with E-state index in [9.17, 15) is 14.4 Å². The Labute approximate surface area is 99.2 Å². The molecule has 1 aliphatic rings. The molecule has 0 spiro atoms. The number of hydrogen-bond acceptors (Lipinski definition) is 4. The molecular formula is C10H17N3O4. The second-order valence-electron chi connectivity index (χ2n) is 3.83. The Bertz CT molecular complexity index is 319. The number of piperazine rings is 1. The Morgan fingerprint density at radius 2 is 2.29 bits per heavy atom. The third-order valence-corrected chi connectivity index (χ3v) is 2.53. The van der Waals surface area contributed by atoms with E-state index in [-0.39, 0.29) is 24.8 Å². The summed E-state index contributed by atoms with van der Waals surface area (Å²) in [5.41, 5.74) is 0. The van der Waals surface area contributed by atoms with Crippen LogP contribution in [-0.2, 0) is 14.4 Å². The molecule has 1 fully saturated rings. The number of aliphatic carboxylic acids is 1. The zero-order valence-corrected chi connectivity index (χ0v) is 9.73. The molecule has 1 heterocycles. The van der Waals surface area contributed by atoms with E-state index in [4.69, 9.17) is 5.11 Å². The molecule has 7 heteroatoms. The fraction of sp³-hybridized carbons (Fsp3) is 0.700. The Hall–Kier alpha value is -1.63. The van der Waals surface area contributed by atoms with Gasteiger partial charge in [-0.1, -0.05) is 0 Å². The Morgan fingerprint density at radius 1 is 1.59 bits per heavy atom. The molecule has 0 radical (unpaired) electrons. The van der Waals surface area contributed by atoms with E-state index in [1.54, 1.807) is 11.8 Å². The predicted molar refractivity (Wildman–Crippen MR) is 59.3 cm³/mol. The number of nitrogens with zero attached hydrogens (tertiary/aromatic N) is 1. The van der Waals surface area contributed by atoms with Crippen molar-refractivity contribution in [3.8, 4) is 0 Å². The molecule has 0 aromatic rings. The predicted octanol–water partition coefficient (Wildman–Crippen LogP) is -1.60. The highest BCUT2D eigenvalue weighted by atomic mass is 16.4. The van der Waals surface area contributed by atoms with Gasteiger partial charge >= 0.3 is 5.97 Å². The SMILES string of the molecule is CCNC(=O)CN1CCNC(=O)C1CC(=O)O. The third kappa shape index (κ3) is 4.03. The quantitative estimate of drug-likeness (QED) is 0.540. The van der Waals surface area contributed by atoms with Gasteiger partial charge in [0.1, 0.15) is 6.04 Å². The van der Waals surface area contributed by atoms with Crippen LogP contribution in [0, 0.1) is 0 Å². The third-order valence-electron chi connectivity index (χ3n) is 2.53. The van der Waals surface area contributed by atoms with Crippen molar-refractivity contribution in [2.75, 3.05) is 26.2 Å². The largest absolute Gasteiger partial charge is 0.481 e. The first-order valence-corrected chi connectivity index (χ1v) is 5.54. The monoisotopic (exact) mass is 243 g/mol. The van der Waals surface area contributed by atoms with Crippen LogP contribution in [0.5, 0.6) is 0 Å². The molecule has 0 aromatic carbocycles. The molecule has 0 bridgehead atoms. The summed E-state index contributed by atoms with van der Waals surface area (Å²) < 4.78 is 0. The first kappa shape index (κ1) is 13.4. The van der Waals surface area contributed by atoms with E-state index in [0.29, 0.717) is 19.6 Å². The first-order chi connectivity index (χ1) is 8.04. The van der Waals surface area contributed by atoms with Gasteiger partial charge in [-0.05, 0) is 6.92 Å². The molecule has 1 atom stereocenters. The van der Waals surface area contributed by atoms with Gasteiger partial charge in [0.05, 0.1) is 13.0 Å². The van der Waals surface area contributed by atoms with Crippen LogP contribution in [0.4, 0.5) is 0 Å². The highest BCUT2D eigenvalue weighted by Crippen LogP contribution is 2.08. The van der Waals surface area contributed by atoms with E-state index < -0.39 is 12.0 Å². The van der Waals surface area contributed by atoms with Crippen molar-refractivity contribution in [2.45, 2.75) is 19.4 Å². The van der Waals surface area contributed by atoms with Crippen LogP contribution < -0.4 is 10.6 Å². The molecule has 1 unspecified atom stereocenters. The Kier molecular flexibility index (Phi) is 4.89. The fourth-order valence-corrected chi connectivity index (χ4v) is 1.78. The number of likely N-dealkylation sites (N-methyl/N-ethyl adjacent to an activating group) is 1. The van der Waals surface area contributed by atoms with E-state index in [0.717, 1.165) is 0 Å². The van der Waals surface area contributed by atoms with Gasteiger partial charge in [-0.3, -0.25) is 19.3 Å². The van der Waals surface area contributed by atoms with Crippen LogP contribution in [-0.4, -0.2) is 60.0 Å². The van der Waals surface area contributed by atoms with Crippen LogP contribution in [0.25, 0.3) is 0 Å². The van der Waals surface area contributed by atoms with Gasteiger partial charge in [-0.25, -0.2) is 0 Å². The second kappa shape index (κ2) is 6.19. The summed E-state index contributed by atoms with van der Waals surface area (Å²) in [6.07, 6.45) is -0.286. The Morgan fingerprint density at radius 3 is 2.88 bits per heavy atom. The van der Waals surface area contributed by atoms with Gasteiger partial charge in [0.25, 0.3) is 0 Å². The van der Waals surface area contributed by atoms with Crippen LogP contribution in [0.3, 0.4) is 0 Å². The number of carboxylic acid groups (broad SMARTS) is 1. The Balaban J connectivity index is 2.62. The molecule has 1 aliphatic heterocycles. The highest BCUT2D eigenvalue weighted by Gasteiger charge is 2.32. The lowest BCUT2D eigenvalue weighted by molar-refractivity contribution is -0.144. The number of rotatable bonds is 5. The number of nitrogens with one attached hydrogen (secondary N) is 2. The van der Waals surface area contributed by atoms with Gasteiger partial charge in [0.15, 0.2) is 0 Å². The molecule has 1 rings (SSSR count). The molecule has 0 aromatic heterocycles. The maximum atomic E-state index is 11.5. The molecule has 96 valence electrons. The molecule has 0 aliphatic carbocycles. The van der Waals surface area contributed by atoms with E-state index in [1.807, 2.05) is 0 Å². The smallest absolute Gasteiger partial charge is 0.305 e. The first-order valence-electron chi connectivity index (χ1n) is 5.54. The van der Waals surface area contributed by atoms with Crippen molar-refractivity contribution in [1.82, 2.24) is 15.5 Å².